The van der Waals surface area contributed by atoms with Gasteiger partial charge in [0.05, 0.1) is 0 Å². The van der Waals surface area contributed by atoms with Crippen molar-refractivity contribution in [2.24, 2.45) is 0 Å². The van der Waals surface area contributed by atoms with Gasteiger partial charge < -0.3 is 0 Å². The zero-order valence-corrected chi connectivity index (χ0v) is 6.61. The van der Waals surface area contributed by atoms with Crippen LogP contribution < -0.4 is 0 Å². The van der Waals surface area contributed by atoms with E-state index in [9.17, 15) is 8.78 Å². The number of hydrogen-bond acceptors (Lipinski definition) is 0. The van der Waals surface area contributed by atoms with Crippen LogP contribution in [0.3, 0.4) is 0 Å². The van der Waals surface area contributed by atoms with E-state index < -0.39 is 6.43 Å². The van der Waals surface area contributed by atoms with Crippen molar-refractivity contribution < 1.29 is 8.78 Å². The molecule has 0 fully saturated rings. The minimum absolute atomic E-state index is 0.0503. The third-order valence-electron chi connectivity index (χ3n) is 1.10. The van der Waals surface area contributed by atoms with Crippen molar-refractivity contribution in [3.63, 3.8) is 0 Å². The summed E-state index contributed by atoms with van der Waals surface area (Å²) in [6.07, 6.45) is -2.38. The number of alkyl halides is 2. The maximum atomic E-state index is 11.9. The third-order valence-corrected chi connectivity index (χ3v) is 1.59. The normalized spacial score (nSPS) is 10.4. The summed E-state index contributed by atoms with van der Waals surface area (Å²) in [5, 5.41) is 0. The van der Waals surface area contributed by atoms with E-state index >= 15 is 0 Å². The molecule has 0 unspecified atom stereocenters. The summed E-state index contributed by atoms with van der Waals surface area (Å²) in [6, 6.07) is 6.11. The molecule has 0 bridgehead atoms. The first-order valence-electron chi connectivity index (χ1n) is 2.74. The third kappa shape index (κ3) is 1.77. The molecular weight excluding hydrogens is 202 g/mol. The predicted octanol–water partition coefficient (Wildman–Crippen LogP) is 3.39. The Balaban J connectivity index is 2.96. The lowest BCUT2D eigenvalue weighted by Crippen LogP contribution is -1.81. The van der Waals surface area contributed by atoms with Crippen LogP contribution >= 0.6 is 15.9 Å². The molecule has 0 aliphatic carbocycles. The number of hydrogen-bond donors (Lipinski definition) is 0. The fraction of sp³-hybridized carbons (Fsp3) is 0.143. The first kappa shape index (κ1) is 7.66. The highest BCUT2D eigenvalue weighted by atomic mass is 79.9. The van der Waals surface area contributed by atoms with Gasteiger partial charge in [-0.3, -0.25) is 0 Å². The summed E-state index contributed by atoms with van der Waals surface area (Å²) in [5.41, 5.74) is 0.0503. The molecule has 0 N–H and O–H groups in total. The molecule has 0 aliphatic heterocycles. The van der Waals surface area contributed by atoms with Crippen LogP contribution in [0, 0.1) is 0 Å². The lowest BCUT2D eigenvalue weighted by atomic mass is 10.2. The van der Waals surface area contributed by atoms with Gasteiger partial charge in [-0.25, -0.2) is 8.78 Å². The van der Waals surface area contributed by atoms with Gasteiger partial charge in [0.15, 0.2) is 0 Å². The maximum absolute atomic E-state index is 11.9. The zero-order valence-electron chi connectivity index (χ0n) is 5.02. The van der Waals surface area contributed by atoms with Gasteiger partial charge in [0, 0.05) is 10.0 Å². The van der Waals surface area contributed by atoms with Gasteiger partial charge in [-0.15, -0.1) is 0 Å². The molecule has 1 aromatic carbocycles. The smallest absolute Gasteiger partial charge is 0.205 e. The topological polar surface area (TPSA) is 0 Å². The van der Waals surface area contributed by atoms with Gasteiger partial charge >= 0.3 is 0 Å². The average Bonchev–Trinajstić information content (AvgIpc) is 1.88. The molecule has 10 heavy (non-hydrogen) atoms. The minimum atomic E-state index is -2.38. The molecule has 0 heterocycles. The SMILES string of the molecule is FC(F)c1cccc(Br)c1. The number of rotatable bonds is 1. The second-order valence-electron chi connectivity index (χ2n) is 1.86. The molecule has 0 aliphatic rings. The van der Waals surface area contributed by atoms with Crippen molar-refractivity contribution in [3.05, 3.63) is 34.3 Å². The van der Waals surface area contributed by atoms with E-state index in [2.05, 4.69) is 15.9 Å². The van der Waals surface area contributed by atoms with E-state index in [1.807, 2.05) is 0 Å². The molecule has 0 saturated carbocycles. The molecule has 0 aromatic heterocycles. The summed E-state index contributed by atoms with van der Waals surface area (Å²) >= 11 is 3.10. The van der Waals surface area contributed by atoms with E-state index in [1.165, 1.54) is 12.1 Å². The Kier molecular flexibility index (Phi) is 2.38. The Morgan fingerprint density at radius 1 is 1.30 bits per heavy atom. The molecular formula is C7H5BrF2. The van der Waals surface area contributed by atoms with Crippen LogP contribution in [0.4, 0.5) is 8.78 Å². The van der Waals surface area contributed by atoms with E-state index in [1.54, 1.807) is 12.1 Å². The predicted molar refractivity (Wildman–Crippen MR) is 39.1 cm³/mol. The Morgan fingerprint density at radius 2 is 2.00 bits per heavy atom. The highest BCUT2D eigenvalue weighted by Crippen LogP contribution is 2.21. The zero-order chi connectivity index (χ0) is 7.56. The fourth-order valence-electron chi connectivity index (χ4n) is 0.642. The molecule has 3 heteroatoms. The first-order chi connectivity index (χ1) is 4.70. The summed E-state index contributed by atoms with van der Waals surface area (Å²) in [4.78, 5) is 0. The first-order valence-corrected chi connectivity index (χ1v) is 3.53. The highest BCUT2D eigenvalue weighted by molar-refractivity contribution is 9.10. The highest BCUT2D eigenvalue weighted by Gasteiger charge is 2.04. The molecule has 0 saturated heterocycles. The summed E-state index contributed by atoms with van der Waals surface area (Å²) in [6.45, 7) is 0. The van der Waals surface area contributed by atoms with Gasteiger partial charge in [-0.05, 0) is 12.1 Å². The Morgan fingerprint density at radius 3 is 2.40 bits per heavy atom. The van der Waals surface area contributed by atoms with Gasteiger partial charge in [-0.2, -0.15) is 0 Å². The summed E-state index contributed by atoms with van der Waals surface area (Å²) in [5.74, 6) is 0. The maximum Gasteiger partial charge on any atom is 0.263 e. The molecule has 1 rings (SSSR count). The van der Waals surface area contributed by atoms with E-state index in [0.29, 0.717) is 4.47 Å². The van der Waals surface area contributed by atoms with Gasteiger partial charge in [0.25, 0.3) is 6.43 Å². The van der Waals surface area contributed by atoms with Gasteiger partial charge in [0.1, 0.15) is 0 Å². The molecule has 0 atom stereocenters. The van der Waals surface area contributed by atoms with Crippen LogP contribution in [0.2, 0.25) is 0 Å². The fourth-order valence-corrected chi connectivity index (χ4v) is 1.06. The van der Waals surface area contributed by atoms with E-state index in [4.69, 9.17) is 0 Å². The van der Waals surface area contributed by atoms with Gasteiger partial charge in [-0.1, -0.05) is 28.1 Å². The lowest BCUT2D eigenvalue weighted by molar-refractivity contribution is 0.151. The molecule has 0 radical (unpaired) electrons. The molecule has 0 amide bonds. The van der Waals surface area contributed by atoms with Crippen molar-refractivity contribution in [3.8, 4) is 0 Å². The van der Waals surface area contributed by atoms with Crippen molar-refractivity contribution in [1.82, 2.24) is 0 Å². The van der Waals surface area contributed by atoms with E-state index in [-0.39, 0.29) is 5.56 Å². The van der Waals surface area contributed by atoms with Crippen LogP contribution in [0.1, 0.15) is 12.0 Å². The standard InChI is InChI=1S/C7H5BrF2/c8-6-3-1-2-5(4-6)7(9)10/h1-4,7H. The van der Waals surface area contributed by atoms with E-state index in [0.717, 1.165) is 0 Å². The van der Waals surface area contributed by atoms with Crippen molar-refractivity contribution in [2.45, 2.75) is 6.43 Å². The molecule has 0 spiro atoms. The van der Waals surface area contributed by atoms with Crippen LogP contribution in [0.25, 0.3) is 0 Å². The lowest BCUT2D eigenvalue weighted by Gasteiger charge is -1.97. The summed E-state index contributed by atoms with van der Waals surface area (Å²) in [7, 11) is 0. The number of benzene rings is 1. The average molecular weight is 207 g/mol. The van der Waals surface area contributed by atoms with Crippen LogP contribution in [0.5, 0.6) is 0 Å². The quantitative estimate of drug-likeness (QED) is 0.661. The van der Waals surface area contributed by atoms with Crippen molar-refractivity contribution >= 4 is 15.9 Å². The number of halogens is 3. The van der Waals surface area contributed by atoms with Gasteiger partial charge in [0.2, 0.25) is 0 Å². The van der Waals surface area contributed by atoms with Crippen LogP contribution in [0.15, 0.2) is 28.7 Å². The summed E-state index contributed by atoms with van der Waals surface area (Å²) < 4.78 is 24.5. The van der Waals surface area contributed by atoms with Crippen molar-refractivity contribution in [1.29, 1.82) is 0 Å². The van der Waals surface area contributed by atoms with Crippen LogP contribution in [-0.4, -0.2) is 0 Å². The Bertz CT molecular complexity index is 223. The van der Waals surface area contributed by atoms with Crippen molar-refractivity contribution in [2.75, 3.05) is 0 Å². The largest absolute Gasteiger partial charge is 0.263 e. The second-order valence-corrected chi connectivity index (χ2v) is 2.77. The Labute approximate surface area is 66.0 Å². The molecule has 1 aromatic rings. The monoisotopic (exact) mass is 206 g/mol. The second kappa shape index (κ2) is 3.10. The minimum Gasteiger partial charge on any atom is -0.205 e. The molecule has 0 nitrogen and oxygen atoms in total. The van der Waals surface area contributed by atoms with Crippen LogP contribution in [-0.2, 0) is 0 Å². The Hall–Kier alpha value is -0.440. The molecule has 54 valence electrons.